The zero-order valence-electron chi connectivity index (χ0n) is 19.2. The van der Waals surface area contributed by atoms with Crippen molar-refractivity contribution in [3.8, 4) is 0 Å². The molecular weight excluding hydrogens is 342 g/mol. The first-order valence-electron chi connectivity index (χ1n) is 12.3. The number of allylic oxidation sites excluding steroid dienone is 1. The van der Waals surface area contributed by atoms with E-state index >= 15 is 0 Å². The molecule has 0 aromatic rings. The van der Waals surface area contributed by atoms with Crippen molar-refractivity contribution in [1.82, 2.24) is 9.80 Å². The lowest BCUT2D eigenvalue weighted by Crippen LogP contribution is -2.41. The fourth-order valence-corrected chi connectivity index (χ4v) is 4.51. The molecule has 0 amide bonds. The average molecular weight is 391 g/mol. The molecule has 0 aliphatic carbocycles. The Bertz CT molecular complexity index is 459. The molecule has 0 saturated heterocycles. The van der Waals surface area contributed by atoms with Crippen LogP contribution in [0, 0.1) is 5.92 Å². The minimum atomic E-state index is 0.861. The fourth-order valence-electron chi connectivity index (χ4n) is 4.51. The van der Waals surface area contributed by atoms with Crippen molar-refractivity contribution in [3.63, 3.8) is 0 Å². The van der Waals surface area contributed by atoms with Gasteiger partial charge in [0.2, 0.25) is 0 Å². The van der Waals surface area contributed by atoms with E-state index in [9.17, 15) is 0 Å². The molecule has 0 fully saturated rings. The first-order valence-corrected chi connectivity index (χ1v) is 12.3. The number of quaternary nitrogens is 1. The Morgan fingerprint density at radius 3 is 1.96 bits per heavy atom. The number of nitrogens with zero attached hydrogens (tertiary/aromatic N) is 3. The molecule has 2 unspecified atom stereocenters. The van der Waals surface area contributed by atoms with E-state index in [0.717, 1.165) is 17.1 Å². The summed E-state index contributed by atoms with van der Waals surface area (Å²) in [4.78, 5) is 4.67. The van der Waals surface area contributed by atoms with E-state index < -0.39 is 0 Å². The molecule has 2 rings (SSSR count). The maximum atomic E-state index is 2.51. The largest absolute Gasteiger partial charge is 0.362 e. The lowest BCUT2D eigenvalue weighted by atomic mass is 9.94. The molecule has 0 N–H and O–H groups in total. The molecule has 28 heavy (non-hydrogen) atoms. The molecule has 3 heteroatoms. The van der Waals surface area contributed by atoms with Gasteiger partial charge in [0.15, 0.2) is 0 Å². The van der Waals surface area contributed by atoms with Gasteiger partial charge in [-0.05, 0) is 31.8 Å². The lowest BCUT2D eigenvalue weighted by Gasteiger charge is -2.34. The van der Waals surface area contributed by atoms with Gasteiger partial charge < -0.3 is 14.3 Å². The van der Waals surface area contributed by atoms with E-state index in [1.807, 2.05) is 0 Å². The molecular formula is C25H48N3+. The minimum absolute atomic E-state index is 0.861. The summed E-state index contributed by atoms with van der Waals surface area (Å²) in [5.74, 6) is 0.861. The monoisotopic (exact) mass is 390 g/mol. The summed E-state index contributed by atoms with van der Waals surface area (Å²) in [5.41, 5.74) is 0. The van der Waals surface area contributed by atoms with Crippen LogP contribution in [-0.2, 0) is 0 Å². The highest BCUT2D eigenvalue weighted by Crippen LogP contribution is 2.24. The van der Waals surface area contributed by atoms with Gasteiger partial charge in [0.05, 0.1) is 33.0 Å². The van der Waals surface area contributed by atoms with E-state index in [0.29, 0.717) is 0 Å². The Hall–Kier alpha value is -0.960. The minimum Gasteiger partial charge on any atom is -0.362 e. The smallest absolute Gasteiger partial charge is 0.0918 e. The van der Waals surface area contributed by atoms with Crippen molar-refractivity contribution in [2.24, 2.45) is 5.92 Å². The van der Waals surface area contributed by atoms with Gasteiger partial charge in [-0.25, -0.2) is 0 Å². The van der Waals surface area contributed by atoms with Crippen molar-refractivity contribution in [3.05, 3.63) is 24.7 Å². The lowest BCUT2D eigenvalue weighted by molar-refractivity contribution is -0.860. The van der Waals surface area contributed by atoms with E-state index in [-0.39, 0.29) is 0 Å². The van der Waals surface area contributed by atoms with Crippen LogP contribution in [0.4, 0.5) is 0 Å². The van der Waals surface area contributed by atoms with Crippen LogP contribution in [0.25, 0.3) is 0 Å². The second-order valence-electron chi connectivity index (χ2n) is 9.60. The first kappa shape index (κ1) is 23.3. The molecule has 2 heterocycles. The predicted molar refractivity (Wildman–Crippen MR) is 123 cm³/mol. The Morgan fingerprint density at radius 1 is 0.857 bits per heavy atom. The Morgan fingerprint density at radius 2 is 1.46 bits per heavy atom. The Labute approximate surface area is 176 Å². The fraction of sp³-hybridized carbons (Fsp3) is 0.840. The predicted octanol–water partition coefficient (Wildman–Crippen LogP) is 6.34. The highest BCUT2D eigenvalue weighted by molar-refractivity contribution is 4.88. The molecule has 0 aromatic heterocycles. The van der Waals surface area contributed by atoms with Crippen molar-refractivity contribution in [1.29, 1.82) is 0 Å². The molecule has 3 nitrogen and oxygen atoms in total. The van der Waals surface area contributed by atoms with Crippen LogP contribution < -0.4 is 0 Å². The third-order valence-corrected chi connectivity index (χ3v) is 6.91. The molecule has 0 bridgehead atoms. The third-order valence-electron chi connectivity index (χ3n) is 6.91. The van der Waals surface area contributed by atoms with E-state index in [2.05, 4.69) is 55.5 Å². The van der Waals surface area contributed by atoms with Crippen LogP contribution in [0.1, 0.15) is 90.4 Å². The molecule has 2 atom stereocenters. The van der Waals surface area contributed by atoms with Crippen molar-refractivity contribution >= 4 is 0 Å². The standard InChI is InChI=1S/C25H48N3/c1-4-28(3)22-17-25(18-23-28)16-14-12-10-8-6-5-7-9-11-13-15-19-27-21-20-26(2)24-27/h17,20-22,25H,4-16,18-19,23-24H2,1-3H3/q+1. The van der Waals surface area contributed by atoms with Gasteiger partial charge in [-0.15, -0.1) is 0 Å². The summed E-state index contributed by atoms with van der Waals surface area (Å²) in [7, 11) is 4.50. The van der Waals surface area contributed by atoms with Crippen LogP contribution in [-0.4, -0.2) is 54.7 Å². The van der Waals surface area contributed by atoms with Gasteiger partial charge in [0, 0.05) is 32.4 Å². The molecule has 2 aliphatic rings. The zero-order chi connectivity index (χ0) is 20.1. The maximum Gasteiger partial charge on any atom is 0.0918 e. The molecule has 0 aromatic carbocycles. The summed E-state index contributed by atoms with van der Waals surface area (Å²) in [6, 6.07) is 0. The third kappa shape index (κ3) is 9.49. The van der Waals surface area contributed by atoms with Crippen LogP contribution in [0.15, 0.2) is 24.7 Å². The molecule has 0 saturated carbocycles. The summed E-state index contributed by atoms with van der Waals surface area (Å²) < 4.78 is 1.14. The Kier molecular flexibility index (Phi) is 11.1. The summed E-state index contributed by atoms with van der Waals surface area (Å²) in [5, 5.41) is 0. The highest BCUT2D eigenvalue weighted by Gasteiger charge is 2.23. The summed E-state index contributed by atoms with van der Waals surface area (Å²) in [6.07, 6.45) is 28.0. The van der Waals surface area contributed by atoms with Gasteiger partial charge in [-0.3, -0.25) is 0 Å². The Balaban J connectivity index is 1.29. The molecule has 0 radical (unpaired) electrons. The highest BCUT2D eigenvalue weighted by atomic mass is 15.3. The zero-order valence-corrected chi connectivity index (χ0v) is 19.2. The van der Waals surface area contributed by atoms with Crippen LogP contribution in [0.3, 0.4) is 0 Å². The van der Waals surface area contributed by atoms with Gasteiger partial charge >= 0.3 is 0 Å². The van der Waals surface area contributed by atoms with E-state index in [1.165, 1.54) is 103 Å². The average Bonchev–Trinajstić information content (AvgIpc) is 3.12. The van der Waals surface area contributed by atoms with Crippen LogP contribution >= 0.6 is 0 Å². The van der Waals surface area contributed by atoms with Crippen molar-refractivity contribution in [2.75, 3.05) is 40.4 Å². The van der Waals surface area contributed by atoms with Gasteiger partial charge in [-0.1, -0.05) is 64.2 Å². The topological polar surface area (TPSA) is 6.48 Å². The van der Waals surface area contributed by atoms with Gasteiger partial charge in [0.1, 0.15) is 0 Å². The number of unbranched alkanes of at least 4 members (excludes halogenated alkanes) is 10. The summed E-state index contributed by atoms with van der Waals surface area (Å²) in [6.45, 7) is 7.18. The number of rotatable bonds is 15. The molecule has 162 valence electrons. The summed E-state index contributed by atoms with van der Waals surface area (Å²) >= 11 is 0. The van der Waals surface area contributed by atoms with E-state index in [4.69, 9.17) is 0 Å². The quantitative estimate of drug-likeness (QED) is 0.238. The maximum absolute atomic E-state index is 2.51. The van der Waals surface area contributed by atoms with Gasteiger partial charge in [-0.2, -0.15) is 0 Å². The number of hydrogen-bond acceptors (Lipinski definition) is 2. The second kappa shape index (κ2) is 13.3. The van der Waals surface area contributed by atoms with Gasteiger partial charge in [0.25, 0.3) is 0 Å². The van der Waals surface area contributed by atoms with Crippen LogP contribution in [0.2, 0.25) is 0 Å². The van der Waals surface area contributed by atoms with E-state index in [1.54, 1.807) is 0 Å². The first-order chi connectivity index (χ1) is 13.6. The normalized spacial score (nSPS) is 24.5. The van der Waals surface area contributed by atoms with Crippen molar-refractivity contribution in [2.45, 2.75) is 90.4 Å². The van der Waals surface area contributed by atoms with Crippen molar-refractivity contribution < 1.29 is 4.48 Å². The molecule has 2 aliphatic heterocycles. The second-order valence-corrected chi connectivity index (χ2v) is 9.60. The van der Waals surface area contributed by atoms with Crippen LogP contribution in [0.5, 0.6) is 0 Å². The number of hydrogen-bond donors (Lipinski definition) is 0. The molecule has 0 spiro atoms. The SMILES string of the molecule is CC[N+]1(C)C=CC(CCCCCCCCCCCCCN2C=CN(C)C2)CC1.